The maximum atomic E-state index is 13.5. The number of morpholine rings is 1. The van der Waals surface area contributed by atoms with E-state index in [-0.39, 0.29) is 49.3 Å². The number of anilines is 2. The first-order chi connectivity index (χ1) is 16.2. The Hall–Kier alpha value is -2.70. The van der Waals surface area contributed by atoms with Gasteiger partial charge in [0, 0.05) is 44.2 Å². The smallest absolute Gasteiger partial charge is 0.306 e. The zero-order valence-electron chi connectivity index (χ0n) is 19.3. The van der Waals surface area contributed by atoms with E-state index >= 15 is 0 Å². The predicted molar refractivity (Wildman–Crippen MR) is 125 cm³/mol. The molecular weight excluding hydrogens is 464 g/mol. The number of benzene rings is 1. The number of primary amides is 1. The summed E-state index contributed by atoms with van der Waals surface area (Å²) >= 11 is 0. The molecule has 2 aliphatic rings. The molecule has 0 spiro atoms. The number of ether oxygens (including phenoxy) is 2. The van der Waals surface area contributed by atoms with E-state index in [0.29, 0.717) is 50.5 Å². The predicted octanol–water partition coefficient (Wildman–Crippen LogP) is 0.691. The second-order valence-corrected chi connectivity index (χ2v) is 10.1. The average Bonchev–Trinajstić information content (AvgIpc) is 2.83. The summed E-state index contributed by atoms with van der Waals surface area (Å²) in [6, 6.07) is 4.75. The van der Waals surface area contributed by atoms with Gasteiger partial charge in [0.15, 0.2) is 0 Å². The molecule has 2 amide bonds. The van der Waals surface area contributed by atoms with E-state index in [0.717, 1.165) is 0 Å². The SMILES string of the molecule is CCOC(=O)CCC(=O)Nc1ccc(N2CCC(C(N)=O)CC2)c(S(=O)(=O)N2CCOCC2)c1. The first-order valence-electron chi connectivity index (χ1n) is 11.4. The topological polar surface area (TPSA) is 148 Å². The van der Waals surface area contributed by atoms with Crippen LogP contribution in [-0.2, 0) is 33.9 Å². The molecule has 0 aliphatic carbocycles. The molecule has 2 fully saturated rings. The summed E-state index contributed by atoms with van der Waals surface area (Å²) in [5, 5.41) is 2.67. The Kier molecular flexibility index (Phi) is 8.86. The molecule has 0 atom stereocenters. The zero-order valence-corrected chi connectivity index (χ0v) is 20.1. The summed E-state index contributed by atoms with van der Waals surface area (Å²) < 4.78 is 38.6. The lowest BCUT2D eigenvalue weighted by atomic mass is 9.96. The molecule has 3 rings (SSSR count). The first kappa shape index (κ1) is 25.9. The number of esters is 1. The van der Waals surface area contributed by atoms with Crippen LogP contribution in [0.3, 0.4) is 0 Å². The lowest BCUT2D eigenvalue weighted by molar-refractivity contribution is -0.144. The number of sulfonamides is 1. The molecule has 2 saturated heterocycles. The molecule has 1 aromatic rings. The maximum Gasteiger partial charge on any atom is 0.306 e. The van der Waals surface area contributed by atoms with Gasteiger partial charge in [-0.2, -0.15) is 4.31 Å². The van der Waals surface area contributed by atoms with Crippen LogP contribution in [-0.4, -0.2) is 76.5 Å². The highest BCUT2D eigenvalue weighted by Gasteiger charge is 2.32. The lowest BCUT2D eigenvalue weighted by Gasteiger charge is -2.35. The highest BCUT2D eigenvalue weighted by molar-refractivity contribution is 7.89. The second-order valence-electron chi connectivity index (χ2n) is 8.22. The molecule has 3 N–H and O–H groups in total. The van der Waals surface area contributed by atoms with E-state index in [1.54, 1.807) is 19.1 Å². The second kappa shape index (κ2) is 11.6. The number of carbonyl (C=O) groups excluding carboxylic acids is 3. The summed E-state index contributed by atoms with van der Waals surface area (Å²) in [4.78, 5) is 37.4. The largest absolute Gasteiger partial charge is 0.466 e. The number of hydrogen-bond donors (Lipinski definition) is 2. The number of carbonyl (C=O) groups is 3. The van der Waals surface area contributed by atoms with Crippen LogP contribution in [0, 0.1) is 5.92 Å². The van der Waals surface area contributed by atoms with Gasteiger partial charge in [-0.3, -0.25) is 14.4 Å². The monoisotopic (exact) mass is 496 g/mol. The number of hydrogen-bond acceptors (Lipinski definition) is 8. The van der Waals surface area contributed by atoms with Crippen molar-refractivity contribution < 1.29 is 32.3 Å². The molecule has 0 unspecified atom stereocenters. The van der Waals surface area contributed by atoms with Crippen molar-refractivity contribution in [3.63, 3.8) is 0 Å². The Labute approximate surface area is 199 Å². The third-order valence-corrected chi connectivity index (χ3v) is 7.86. The van der Waals surface area contributed by atoms with Gasteiger partial charge in [0.2, 0.25) is 21.8 Å². The number of rotatable bonds is 9. The van der Waals surface area contributed by atoms with Crippen LogP contribution in [0.25, 0.3) is 0 Å². The molecule has 12 heteroatoms. The van der Waals surface area contributed by atoms with Crippen molar-refractivity contribution in [2.45, 2.75) is 37.5 Å². The van der Waals surface area contributed by atoms with Gasteiger partial charge in [0.25, 0.3) is 0 Å². The van der Waals surface area contributed by atoms with E-state index in [9.17, 15) is 22.8 Å². The van der Waals surface area contributed by atoms with Crippen LogP contribution < -0.4 is 16.0 Å². The maximum absolute atomic E-state index is 13.5. The van der Waals surface area contributed by atoms with Crippen molar-refractivity contribution in [1.82, 2.24) is 4.31 Å². The molecule has 188 valence electrons. The molecule has 2 heterocycles. The molecule has 0 aromatic heterocycles. The summed E-state index contributed by atoms with van der Waals surface area (Å²) in [7, 11) is -3.87. The van der Waals surface area contributed by atoms with E-state index in [4.69, 9.17) is 15.2 Å². The van der Waals surface area contributed by atoms with Crippen LogP contribution >= 0.6 is 0 Å². The van der Waals surface area contributed by atoms with Crippen molar-refractivity contribution in [3.8, 4) is 0 Å². The standard InChI is InChI=1S/C22H32N4O7S/c1-2-33-21(28)6-5-20(27)24-17-3-4-18(25-9-7-16(8-10-25)22(23)29)19(15-17)34(30,31)26-11-13-32-14-12-26/h3-4,15-16H,2,5-14H2,1H3,(H2,23,29)(H,24,27). The van der Waals surface area contributed by atoms with Gasteiger partial charge < -0.3 is 25.4 Å². The number of nitrogens with one attached hydrogen (secondary N) is 1. The zero-order chi connectivity index (χ0) is 24.7. The highest BCUT2D eigenvalue weighted by atomic mass is 32.2. The quantitative estimate of drug-likeness (QED) is 0.475. The van der Waals surface area contributed by atoms with Gasteiger partial charge in [-0.1, -0.05) is 0 Å². The molecule has 0 radical (unpaired) electrons. The fraction of sp³-hybridized carbons (Fsp3) is 0.591. The summed E-state index contributed by atoms with van der Waals surface area (Å²) in [6.07, 6.45) is 0.940. The van der Waals surface area contributed by atoms with Crippen LogP contribution in [0.5, 0.6) is 0 Å². The molecule has 0 saturated carbocycles. The van der Waals surface area contributed by atoms with Gasteiger partial charge in [0.05, 0.1) is 31.9 Å². The van der Waals surface area contributed by atoms with Gasteiger partial charge in [-0.15, -0.1) is 0 Å². The Balaban J connectivity index is 1.84. The van der Waals surface area contributed by atoms with E-state index in [1.165, 1.54) is 10.4 Å². The number of nitrogens with two attached hydrogens (primary N) is 1. The van der Waals surface area contributed by atoms with Gasteiger partial charge in [-0.05, 0) is 38.0 Å². The third-order valence-electron chi connectivity index (χ3n) is 5.93. The van der Waals surface area contributed by atoms with Crippen LogP contribution in [0.4, 0.5) is 11.4 Å². The highest BCUT2D eigenvalue weighted by Crippen LogP contribution is 2.33. The summed E-state index contributed by atoms with van der Waals surface area (Å²) in [5.41, 5.74) is 6.26. The van der Waals surface area contributed by atoms with Gasteiger partial charge in [0.1, 0.15) is 4.90 Å². The minimum atomic E-state index is -3.87. The minimum Gasteiger partial charge on any atom is -0.466 e. The number of amides is 2. The van der Waals surface area contributed by atoms with Crippen molar-refractivity contribution in [3.05, 3.63) is 18.2 Å². The Morgan fingerprint density at radius 1 is 1.12 bits per heavy atom. The van der Waals surface area contributed by atoms with Crippen LogP contribution in [0.2, 0.25) is 0 Å². The molecule has 34 heavy (non-hydrogen) atoms. The fourth-order valence-corrected chi connectivity index (χ4v) is 5.71. The normalized spacial score (nSPS) is 17.9. The third kappa shape index (κ3) is 6.45. The summed E-state index contributed by atoms with van der Waals surface area (Å²) in [5.74, 6) is -1.46. The van der Waals surface area contributed by atoms with Crippen LogP contribution in [0.1, 0.15) is 32.6 Å². The lowest BCUT2D eigenvalue weighted by Crippen LogP contribution is -2.42. The Morgan fingerprint density at radius 3 is 2.41 bits per heavy atom. The molecule has 11 nitrogen and oxygen atoms in total. The molecule has 0 bridgehead atoms. The van der Waals surface area contributed by atoms with Crippen LogP contribution in [0.15, 0.2) is 23.1 Å². The van der Waals surface area contributed by atoms with Crippen molar-refractivity contribution >= 4 is 39.2 Å². The fourth-order valence-electron chi connectivity index (χ4n) is 4.06. The minimum absolute atomic E-state index is 0.0640. The average molecular weight is 497 g/mol. The number of nitrogens with zero attached hydrogens (tertiary/aromatic N) is 2. The summed E-state index contributed by atoms with van der Waals surface area (Å²) in [6.45, 7) is 4.00. The molecule has 1 aromatic carbocycles. The van der Waals surface area contributed by atoms with Crippen molar-refractivity contribution in [2.75, 3.05) is 56.2 Å². The van der Waals surface area contributed by atoms with E-state index < -0.39 is 21.9 Å². The van der Waals surface area contributed by atoms with E-state index in [1.807, 2.05) is 4.90 Å². The Bertz CT molecular complexity index is 1000. The van der Waals surface area contributed by atoms with E-state index in [2.05, 4.69) is 5.32 Å². The number of piperidine rings is 1. The van der Waals surface area contributed by atoms with Gasteiger partial charge in [-0.25, -0.2) is 8.42 Å². The van der Waals surface area contributed by atoms with Gasteiger partial charge >= 0.3 is 5.97 Å². The molecule has 2 aliphatic heterocycles. The van der Waals surface area contributed by atoms with Crippen molar-refractivity contribution in [1.29, 1.82) is 0 Å². The first-order valence-corrected chi connectivity index (χ1v) is 12.9. The molecular formula is C22H32N4O7S. The Morgan fingerprint density at radius 2 is 1.79 bits per heavy atom. The van der Waals surface area contributed by atoms with Crippen molar-refractivity contribution in [2.24, 2.45) is 11.7 Å².